The molecule has 0 aromatic heterocycles. The van der Waals surface area contributed by atoms with Crippen LogP contribution in [0.3, 0.4) is 0 Å². The molecule has 28 heavy (non-hydrogen) atoms. The van der Waals surface area contributed by atoms with Crippen LogP contribution in [0.4, 0.5) is 0 Å². The number of nitrogens with zero attached hydrogens (tertiary/aromatic N) is 1. The van der Waals surface area contributed by atoms with Crippen LogP contribution in [0.15, 0.2) is 23.1 Å². The Hall–Kier alpha value is -2.24. The van der Waals surface area contributed by atoms with E-state index in [1.807, 2.05) is 0 Å². The average molecular weight is 404 g/mol. The summed E-state index contributed by atoms with van der Waals surface area (Å²) in [4.78, 5) is 12.8. The smallest absolute Gasteiger partial charge is 0.244 e. The Balaban J connectivity index is 1.70. The van der Waals surface area contributed by atoms with Gasteiger partial charge in [-0.25, -0.2) is 8.42 Å². The zero-order valence-corrected chi connectivity index (χ0v) is 16.4. The molecule has 3 aliphatic rings. The van der Waals surface area contributed by atoms with E-state index in [1.54, 1.807) is 6.07 Å². The topological polar surface area (TPSA) is 84.9 Å². The minimum absolute atomic E-state index is 0.0859. The second-order valence-electron chi connectivity index (χ2n) is 7.43. The third-order valence-corrected chi connectivity index (χ3v) is 7.72. The third kappa shape index (κ3) is 3.33. The van der Waals surface area contributed by atoms with Crippen molar-refractivity contribution in [1.29, 1.82) is 0 Å². The summed E-state index contributed by atoms with van der Waals surface area (Å²) >= 11 is 0. The van der Waals surface area contributed by atoms with E-state index in [1.165, 1.54) is 16.4 Å². The Morgan fingerprint density at radius 3 is 2.75 bits per heavy atom. The van der Waals surface area contributed by atoms with Gasteiger partial charge in [0.25, 0.3) is 0 Å². The maximum Gasteiger partial charge on any atom is 0.244 e. The number of fused-ring (bicyclic) bond motifs is 2. The van der Waals surface area contributed by atoms with Crippen molar-refractivity contribution in [3.05, 3.63) is 18.2 Å². The van der Waals surface area contributed by atoms with E-state index in [-0.39, 0.29) is 29.3 Å². The van der Waals surface area contributed by atoms with Gasteiger partial charge in [-0.3, -0.25) is 4.79 Å². The second kappa shape index (κ2) is 7.64. The van der Waals surface area contributed by atoms with Crippen molar-refractivity contribution in [2.75, 3.05) is 19.8 Å². The number of amides is 1. The second-order valence-corrected chi connectivity index (χ2v) is 9.27. The first-order valence-electron chi connectivity index (χ1n) is 9.66. The van der Waals surface area contributed by atoms with Crippen LogP contribution in [0.5, 0.6) is 11.5 Å². The van der Waals surface area contributed by atoms with Crippen LogP contribution in [0.25, 0.3) is 0 Å². The van der Waals surface area contributed by atoms with E-state index in [9.17, 15) is 13.2 Å². The average Bonchev–Trinajstić information content (AvgIpc) is 3.12. The van der Waals surface area contributed by atoms with Gasteiger partial charge in [0.05, 0.1) is 11.4 Å². The lowest BCUT2D eigenvalue weighted by Gasteiger charge is -2.32. The van der Waals surface area contributed by atoms with Crippen molar-refractivity contribution in [3.8, 4) is 23.8 Å². The van der Waals surface area contributed by atoms with Crippen LogP contribution < -0.4 is 14.8 Å². The molecule has 1 N–H and O–H groups in total. The molecule has 4 rings (SSSR count). The van der Waals surface area contributed by atoms with Gasteiger partial charge in [-0.05, 0) is 37.3 Å². The van der Waals surface area contributed by atoms with Crippen molar-refractivity contribution >= 4 is 15.9 Å². The Bertz CT molecular complexity index is 908. The van der Waals surface area contributed by atoms with E-state index in [4.69, 9.17) is 15.9 Å². The lowest BCUT2D eigenvalue weighted by Crippen LogP contribution is -2.49. The SMILES string of the molecule is C#CCNC(=O)[C@@H]1C[C@@H]2CCCC[C@H]2N1S(=O)(=O)c1ccc2c(c1)OCCO2. The first kappa shape index (κ1) is 19.1. The predicted octanol–water partition coefficient (Wildman–Crippen LogP) is 1.53. The van der Waals surface area contributed by atoms with Gasteiger partial charge in [0.1, 0.15) is 19.3 Å². The summed E-state index contributed by atoms with van der Waals surface area (Å²) in [6, 6.07) is 3.74. The van der Waals surface area contributed by atoms with Crippen molar-refractivity contribution in [1.82, 2.24) is 9.62 Å². The van der Waals surface area contributed by atoms with Crippen LogP contribution in [-0.2, 0) is 14.8 Å². The number of sulfonamides is 1. The fourth-order valence-corrected chi connectivity index (χ4v) is 6.44. The molecule has 1 aromatic rings. The summed E-state index contributed by atoms with van der Waals surface area (Å²) in [5.41, 5.74) is 0. The van der Waals surface area contributed by atoms with Gasteiger partial charge in [0, 0.05) is 12.1 Å². The highest BCUT2D eigenvalue weighted by atomic mass is 32.2. The first-order chi connectivity index (χ1) is 13.5. The summed E-state index contributed by atoms with van der Waals surface area (Å²) in [6.45, 7) is 0.900. The van der Waals surface area contributed by atoms with E-state index in [2.05, 4.69) is 11.2 Å². The minimum atomic E-state index is -3.88. The number of carbonyl (C=O) groups is 1. The molecule has 0 unspecified atom stereocenters. The molecule has 1 aromatic carbocycles. The van der Waals surface area contributed by atoms with Gasteiger partial charge in [0.15, 0.2) is 11.5 Å². The molecular weight excluding hydrogens is 380 g/mol. The number of rotatable bonds is 4. The van der Waals surface area contributed by atoms with Crippen molar-refractivity contribution in [2.24, 2.45) is 5.92 Å². The maximum atomic E-state index is 13.6. The molecule has 1 amide bonds. The van der Waals surface area contributed by atoms with Crippen molar-refractivity contribution < 1.29 is 22.7 Å². The number of hydrogen-bond acceptors (Lipinski definition) is 5. The van der Waals surface area contributed by atoms with Gasteiger partial charge >= 0.3 is 0 Å². The molecular formula is C20H24N2O5S. The first-order valence-corrected chi connectivity index (χ1v) is 11.1. The van der Waals surface area contributed by atoms with E-state index >= 15 is 0 Å². The molecule has 3 atom stereocenters. The summed E-state index contributed by atoms with van der Waals surface area (Å²) < 4.78 is 39.6. The van der Waals surface area contributed by atoms with Crippen LogP contribution in [0.1, 0.15) is 32.1 Å². The Morgan fingerprint density at radius 1 is 1.21 bits per heavy atom. The fraction of sp³-hybridized carbons (Fsp3) is 0.550. The van der Waals surface area contributed by atoms with Crippen LogP contribution in [0, 0.1) is 18.3 Å². The van der Waals surface area contributed by atoms with Gasteiger partial charge in [-0.1, -0.05) is 18.8 Å². The van der Waals surface area contributed by atoms with Crippen molar-refractivity contribution in [3.63, 3.8) is 0 Å². The molecule has 7 nitrogen and oxygen atoms in total. The number of benzene rings is 1. The van der Waals surface area contributed by atoms with Crippen LogP contribution in [0.2, 0.25) is 0 Å². The fourth-order valence-electron chi connectivity index (χ4n) is 4.55. The lowest BCUT2D eigenvalue weighted by atomic mass is 9.85. The molecule has 0 bridgehead atoms. The molecule has 1 saturated carbocycles. The standard InChI is InChI=1S/C20H24N2O5S/c1-2-9-21-20(23)17-12-14-5-3-4-6-16(14)22(17)28(24,25)15-7-8-18-19(13-15)27-11-10-26-18/h1,7-8,13-14,16-17H,3-6,9-12H2,(H,21,23)/t14-,16+,17-/m0/s1. The Labute approximate surface area is 165 Å². The Kier molecular flexibility index (Phi) is 5.21. The van der Waals surface area contributed by atoms with Crippen LogP contribution >= 0.6 is 0 Å². The van der Waals surface area contributed by atoms with E-state index in [0.29, 0.717) is 31.1 Å². The quantitative estimate of drug-likeness (QED) is 0.770. The van der Waals surface area contributed by atoms with Gasteiger partial charge in [-0.15, -0.1) is 6.42 Å². The molecule has 150 valence electrons. The summed E-state index contributed by atoms with van der Waals surface area (Å²) in [5.74, 6) is 3.19. The molecule has 0 spiro atoms. The normalized spacial score (nSPS) is 26.9. The third-order valence-electron chi connectivity index (χ3n) is 5.79. The molecule has 2 aliphatic heterocycles. The number of nitrogens with one attached hydrogen (secondary N) is 1. The largest absolute Gasteiger partial charge is 0.486 e. The summed E-state index contributed by atoms with van der Waals surface area (Å²) in [6.07, 6.45) is 9.52. The molecule has 2 fully saturated rings. The van der Waals surface area contributed by atoms with E-state index < -0.39 is 16.1 Å². The number of terminal acetylenes is 1. The molecule has 2 heterocycles. The van der Waals surface area contributed by atoms with Gasteiger partial charge < -0.3 is 14.8 Å². The zero-order valence-electron chi connectivity index (χ0n) is 15.6. The van der Waals surface area contributed by atoms with Crippen LogP contribution in [-0.4, -0.2) is 50.5 Å². The number of hydrogen-bond donors (Lipinski definition) is 1. The van der Waals surface area contributed by atoms with Crippen molar-refractivity contribution in [2.45, 2.75) is 49.1 Å². The minimum Gasteiger partial charge on any atom is -0.486 e. The number of carbonyl (C=O) groups excluding carboxylic acids is 1. The molecule has 8 heteroatoms. The highest BCUT2D eigenvalue weighted by Gasteiger charge is 2.51. The molecule has 1 aliphatic carbocycles. The maximum absolute atomic E-state index is 13.6. The zero-order chi connectivity index (χ0) is 19.7. The lowest BCUT2D eigenvalue weighted by molar-refractivity contribution is -0.124. The summed E-state index contributed by atoms with van der Waals surface area (Å²) in [7, 11) is -3.88. The highest BCUT2D eigenvalue weighted by molar-refractivity contribution is 7.89. The highest BCUT2D eigenvalue weighted by Crippen LogP contribution is 2.43. The van der Waals surface area contributed by atoms with E-state index in [0.717, 1.165) is 25.7 Å². The summed E-state index contributed by atoms with van der Waals surface area (Å²) in [5, 5.41) is 2.66. The van der Waals surface area contributed by atoms with Gasteiger partial charge in [-0.2, -0.15) is 4.31 Å². The molecule has 1 saturated heterocycles. The number of ether oxygens (including phenoxy) is 2. The monoisotopic (exact) mass is 404 g/mol. The molecule has 0 radical (unpaired) electrons. The predicted molar refractivity (Wildman–Crippen MR) is 102 cm³/mol. The Morgan fingerprint density at radius 2 is 1.96 bits per heavy atom. The van der Waals surface area contributed by atoms with Gasteiger partial charge in [0.2, 0.25) is 15.9 Å².